The third kappa shape index (κ3) is 3.47. The van der Waals surface area contributed by atoms with Crippen LogP contribution in [0.1, 0.15) is 38.2 Å². The fraction of sp³-hybridized carbons (Fsp3) is 0.600. The molecule has 1 saturated heterocycles. The van der Waals surface area contributed by atoms with Crippen molar-refractivity contribution < 1.29 is 0 Å². The van der Waals surface area contributed by atoms with Gasteiger partial charge < -0.3 is 10.6 Å². The lowest BCUT2D eigenvalue weighted by molar-refractivity contribution is 0.314. The Labute approximate surface area is 105 Å². The minimum Gasteiger partial charge on any atom is -0.399 e. The van der Waals surface area contributed by atoms with E-state index in [4.69, 9.17) is 5.73 Å². The summed E-state index contributed by atoms with van der Waals surface area (Å²) in [6.07, 6.45) is 2.62. The van der Waals surface area contributed by atoms with E-state index in [0.29, 0.717) is 5.92 Å². The van der Waals surface area contributed by atoms with Gasteiger partial charge in [0.15, 0.2) is 0 Å². The Morgan fingerprint density at radius 1 is 1.35 bits per heavy atom. The highest BCUT2D eigenvalue weighted by Crippen LogP contribution is 2.22. The first-order valence-electron chi connectivity index (χ1n) is 6.73. The van der Waals surface area contributed by atoms with Gasteiger partial charge in [-0.15, -0.1) is 0 Å². The van der Waals surface area contributed by atoms with Crippen molar-refractivity contribution in [1.82, 2.24) is 4.90 Å². The molecule has 2 nitrogen and oxygen atoms in total. The molecule has 94 valence electrons. The largest absolute Gasteiger partial charge is 0.399 e. The third-order valence-corrected chi connectivity index (χ3v) is 3.89. The molecule has 2 rings (SSSR count). The number of nitrogen functional groups attached to an aromatic ring is 1. The summed E-state index contributed by atoms with van der Waals surface area (Å²) in [4.78, 5) is 2.60. The molecule has 0 aliphatic carbocycles. The molecule has 2 heteroatoms. The molecule has 0 aromatic heterocycles. The average molecular weight is 232 g/mol. The smallest absolute Gasteiger partial charge is 0.0314 e. The molecule has 2 N–H and O–H groups in total. The van der Waals surface area contributed by atoms with Crippen LogP contribution in [-0.2, 0) is 0 Å². The molecule has 2 atom stereocenters. The molecule has 1 aliphatic rings. The second-order valence-corrected chi connectivity index (χ2v) is 5.55. The quantitative estimate of drug-likeness (QED) is 0.808. The molecule has 0 amide bonds. The zero-order chi connectivity index (χ0) is 12.3. The van der Waals surface area contributed by atoms with Crippen molar-refractivity contribution in [2.45, 2.75) is 32.6 Å². The van der Waals surface area contributed by atoms with Gasteiger partial charge in [-0.1, -0.05) is 26.0 Å². The summed E-state index contributed by atoms with van der Waals surface area (Å²) in [6.45, 7) is 8.47. The van der Waals surface area contributed by atoms with Gasteiger partial charge in [-0.3, -0.25) is 0 Å². The number of rotatable bonds is 4. The highest BCUT2D eigenvalue weighted by atomic mass is 15.1. The Morgan fingerprint density at radius 3 is 2.65 bits per heavy atom. The normalized spacial score (nSPS) is 22.8. The molecule has 1 aromatic rings. The monoisotopic (exact) mass is 232 g/mol. The SMILES string of the molecule is CC1CCN(CCC(C)c2ccc(N)cc2)C1. The van der Waals surface area contributed by atoms with Crippen LogP contribution in [0.25, 0.3) is 0 Å². The molecular weight excluding hydrogens is 208 g/mol. The summed E-state index contributed by atoms with van der Waals surface area (Å²) in [5.74, 6) is 1.52. The third-order valence-electron chi connectivity index (χ3n) is 3.89. The van der Waals surface area contributed by atoms with E-state index in [9.17, 15) is 0 Å². The summed E-state index contributed by atoms with van der Waals surface area (Å²) < 4.78 is 0. The van der Waals surface area contributed by atoms with Crippen molar-refractivity contribution in [3.63, 3.8) is 0 Å². The number of nitrogens with zero attached hydrogens (tertiary/aromatic N) is 1. The maximum absolute atomic E-state index is 5.71. The Balaban J connectivity index is 1.81. The number of likely N-dealkylation sites (tertiary alicyclic amines) is 1. The zero-order valence-corrected chi connectivity index (χ0v) is 11.0. The standard InChI is InChI=1S/C15H24N2/c1-12-7-9-17(11-12)10-8-13(2)14-3-5-15(16)6-4-14/h3-6,12-13H,7-11,16H2,1-2H3. The van der Waals surface area contributed by atoms with Crippen molar-refractivity contribution in [2.24, 2.45) is 5.92 Å². The summed E-state index contributed by atoms with van der Waals surface area (Å²) in [5, 5.41) is 0. The zero-order valence-electron chi connectivity index (χ0n) is 11.0. The van der Waals surface area contributed by atoms with E-state index in [2.05, 4.69) is 30.9 Å². The minimum atomic E-state index is 0.631. The first-order chi connectivity index (χ1) is 8.15. The van der Waals surface area contributed by atoms with E-state index >= 15 is 0 Å². The van der Waals surface area contributed by atoms with E-state index in [1.165, 1.54) is 38.0 Å². The Bertz CT molecular complexity index is 344. The summed E-state index contributed by atoms with van der Waals surface area (Å²) in [5.41, 5.74) is 7.97. The average Bonchev–Trinajstić information content (AvgIpc) is 2.73. The molecular formula is C15H24N2. The molecule has 1 aliphatic heterocycles. The van der Waals surface area contributed by atoms with Crippen LogP contribution in [-0.4, -0.2) is 24.5 Å². The lowest BCUT2D eigenvalue weighted by Crippen LogP contribution is -2.22. The van der Waals surface area contributed by atoms with Crippen LogP contribution in [0, 0.1) is 5.92 Å². The first-order valence-corrected chi connectivity index (χ1v) is 6.73. The number of nitrogens with two attached hydrogens (primary N) is 1. The molecule has 17 heavy (non-hydrogen) atoms. The van der Waals surface area contributed by atoms with Crippen molar-refractivity contribution >= 4 is 5.69 Å². The number of hydrogen-bond donors (Lipinski definition) is 1. The van der Waals surface area contributed by atoms with Crippen molar-refractivity contribution in [3.8, 4) is 0 Å². The van der Waals surface area contributed by atoms with Gasteiger partial charge in [0.05, 0.1) is 0 Å². The lowest BCUT2D eigenvalue weighted by atomic mass is 9.97. The number of hydrogen-bond acceptors (Lipinski definition) is 2. The molecule has 1 aromatic carbocycles. The minimum absolute atomic E-state index is 0.631. The van der Waals surface area contributed by atoms with Crippen molar-refractivity contribution in [3.05, 3.63) is 29.8 Å². The second-order valence-electron chi connectivity index (χ2n) is 5.55. The number of anilines is 1. The molecule has 0 radical (unpaired) electrons. The topological polar surface area (TPSA) is 29.3 Å². The Hall–Kier alpha value is -1.02. The van der Waals surface area contributed by atoms with Crippen LogP contribution in [0.3, 0.4) is 0 Å². The Kier molecular flexibility index (Phi) is 4.06. The lowest BCUT2D eigenvalue weighted by Gasteiger charge is -2.18. The first kappa shape index (κ1) is 12.4. The maximum atomic E-state index is 5.71. The van der Waals surface area contributed by atoms with Gasteiger partial charge in [0.1, 0.15) is 0 Å². The van der Waals surface area contributed by atoms with Gasteiger partial charge in [0, 0.05) is 12.2 Å². The van der Waals surface area contributed by atoms with Gasteiger partial charge in [-0.05, 0) is 55.5 Å². The van der Waals surface area contributed by atoms with E-state index < -0.39 is 0 Å². The predicted molar refractivity (Wildman–Crippen MR) is 74.1 cm³/mol. The molecule has 1 heterocycles. The van der Waals surface area contributed by atoms with Gasteiger partial charge >= 0.3 is 0 Å². The second kappa shape index (κ2) is 5.54. The summed E-state index contributed by atoms with van der Waals surface area (Å²) >= 11 is 0. The van der Waals surface area contributed by atoms with Crippen LogP contribution in [0.2, 0.25) is 0 Å². The van der Waals surface area contributed by atoms with Crippen molar-refractivity contribution in [2.75, 3.05) is 25.4 Å². The van der Waals surface area contributed by atoms with Crippen LogP contribution < -0.4 is 5.73 Å². The van der Waals surface area contributed by atoms with E-state index in [0.717, 1.165) is 11.6 Å². The molecule has 1 fully saturated rings. The van der Waals surface area contributed by atoms with Gasteiger partial charge in [-0.25, -0.2) is 0 Å². The van der Waals surface area contributed by atoms with E-state index in [-0.39, 0.29) is 0 Å². The van der Waals surface area contributed by atoms with E-state index in [1.807, 2.05) is 12.1 Å². The summed E-state index contributed by atoms with van der Waals surface area (Å²) in [7, 11) is 0. The maximum Gasteiger partial charge on any atom is 0.0314 e. The molecule has 0 spiro atoms. The van der Waals surface area contributed by atoms with Crippen LogP contribution in [0.4, 0.5) is 5.69 Å². The highest BCUT2D eigenvalue weighted by Gasteiger charge is 2.18. The Morgan fingerprint density at radius 2 is 2.06 bits per heavy atom. The fourth-order valence-corrected chi connectivity index (χ4v) is 2.60. The molecule has 0 bridgehead atoms. The van der Waals surface area contributed by atoms with Crippen molar-refractivity contribution in [1.29, 1.82) is 0 Å². The van der Waals surface area contributed by atoms with Gasteiger partial charge in [0.25, 0.3) is 0 Å². The highest BCUT2D eigenvalue weighted by molar-refractivity contribution is 5.40. The van der Waals surface area contributed by atoms with Crippen LogP contribution >= 0.6 is 0 Å². The molecule has 0 saturated carbocycles. The van der Waals surface area contributed by atoms with Crippen LogP contribution in [0.5, 0.6) is 0 Å². The number of benzene rings is 1. The van der Waals surface area contributed by atoms with Gasteiger partial charge in [-0.2, -0.15) is 0 Å². The van der Waals surface area contributed by atoms with E-state index in [1.54, 1.807) is 0 Å². The van der Waals surface area contributed by atoms with Gasteiger partial charge in [0.2, 0.25) is 0 Å². The molecule has 2 unspecified atom stereocenters. The summed E-state index contributed by atoms with van der Waals surface area (Å²) in [6, 6.07) is 8.33. The fourth-order valence-electron chi connectivity index (χ4n) is 2.60. The predicted octanol–water partition coefficient (Wildman–Crippen LogP) is 3.10. The van der Waals surface area contributed by atoms with Crippen LogP contribution in [0.15, 0.2) is 24.3 Å².